The van der Waals surface area contributed by atoms with Crippen LogP contribution in [0.4, 0.5) is 0 Å². The Morgan fingerprint density at radius 1 is 1.24 bits per heavy atom. The molecule has 0 aromatic carbocycles. The molecule has 0 aliphatic heterocycles. The van der Waals surface area contributed by atoms with Crippen molar-refractivity contribution < 1.29 is 24.3 Å². The second-order valence-electron chi connectivity index (χ2n) is 6.19. The predicted molar refractivity (Wildman–Crippen MR) is 64.2 cm³/mol. The fourth-order valence-corrected chi connectivity index (χ4v) is 0.716. The Bertz CT molecular complexity index is 260. The Morgan fingerprint density at radius 3 is 1.71 bits per heavy atom. The first-order valence-electron chi connectivity index (χ1n) is 5.50. The lowest BCUT2D eigenvalue weighted by atomic mass is 9.78. The van der Waals surface area contributed by atoms with Gasteiger partial charge in [0.2, 0.25) is 0 Å². The van der Waals surface area contributed by atoms with Crippen molar-refractivity contribution in [1.82, 2.24) is 0 Å². The number of carboxylic acid groups (broad SMARTS) is 2. The fourth-order valence-electron chi connectivity index (χ4n) is 0.716. The lowest BCUT2D eigenvalue weighted by molar-refractivity contribution is -0.849. The zero-order chi connectivity index (χ0) is 14.4. The van der Waals surface area contributed by atoms with Crippen molar-refractivity contribution in [2.24, 2.45) is 11.3 Å². The molecule has 17 heavy (non-hydrogen) atoms. The first-order valence-corrected chi connectivity index (χ1v) is 5.50. The molecule has 5 heteroatoms. The van der Waals surface area contributed by atoms with Gasteiger partial charge in [0.1, 0.15) is 0 Å². The summed E-state index contributed by atoms with van der Waals surface area (Å²) in [5, 5.41) is 18.9. The maximum absolute atomic E-state index is 10.6. The minimum atomic E-state index is -1.21. The largest absolute Gasteiger partial charge is 0.550 e. The number of rotatable bonds is 4. The molecule has 0 fully saturated rings. The summed E-state index contributed by atoms with van der Waals surface area (Å²) in [5.74, 6) is -2.63. The van der Waals surface area contributed by atoms with Crippen molar-refractivity contribution in [3.05, 3.63) is 0 Å². The standard InChI is InChI=1S/C8H14O4.C4H12N/c1-5(4-6(9)10)8(2,3)7(11)12;1-5(2,3)4/h5H,4H2,1-3H3,(H,9,10)(H,11,12);1-4H3/q;+1/p-1. The van der Waals surface area contributed by atoms with Crippen LogP contribution in [0.2, 0.25) is 0 Å². The molecule has 102 valence electrons. The van der Waals surface area contributed by atoms with Crippen LogP contribution >= 0.6 is 0 Å². The first-order chi connectivity index (χ1) is 7.28. The van der Waals surface area contributed by atoms with E-state index in [1.807, 2.05) is 0 Å². The van der Waals surface area contributed by atoms with Gasteiger partial charge in [-0.3, -0.25) is 4.79 Å². The van der Waals surface area contributed by atoms with Gasteiger partial charge in [0, 0.05) is 5.97 Å². The summed E-state index contributed by atoms with van der Waals surface area (Å²) in [5.41, 5.74) is -1.01. The van der Waals surface area contributed by atoms with Crippen LogP contribution in [-0.4, -0.2) is 49.7 Å². The van der Waals surface area contributed by atoms with Crippen LogP contribution in [0.25, 0.3) is 0 Å². The van der Waals surface area contributed by atoms with Gasteiger partial charge >= 0.3 is 5.97 Å². The molecule has 0 saturated carbocycles. The summed E-state index contributed by atoms with van der Waals surface area (Å²) < 4.78 is 1.00. The molecule has 0 bridgehead atoms. The second kappa shape index (κ2) is 6.59. The smallest absolute Gasteiger partial charge is 0.309 e. The van der Waals surface area contributed by atoms with Crippen molar-refractivity contribution in [2.75, 3.05) is 28.2 Å². The van der Waals surface area contributed by atoms with Crippen molar-refractivity contribution in [3.63, 3.8) is 0 Å². The molecular formula is C12H25NO4. The van der Waals surface area contributed by atoms with Crippen LogP contribution in [0.15, 0.2) is 0 Å². The zero-order valence-corrected chi connectivity index (χ0v) is 11.9. The summed E-state index contributed by atoms with van der Waals surface area (Å²) in [6.07, 6.45) is -0.223. The average Bonchev–Trinajstić information content (AvgIpc) is 1.98. The fraction of sp³-hybridized carbons (Fsp3) is 0.833. The van der Waals surface area contributed by atoms with Crippen LogP contribution in [-0.2, 0) is 9.59 Å². The lowest BCUT2D eigenvalue weighted by Crippen LogP contribution is -2.35. The van der Waals surface area contributed by atoms with Crippen LogP contribution in [0.5, 0.6) is 0 Å². The number of hydrogen-bond acceptors (Lipinski definition) is 3. The van der Waals surface area contributed by atoms with E-state index in [0.717, 1.165) is 4.48 Å². The van der Waals surface area contributed by atoms with Gasteiger partial charge in [-0.25, -0.2) is 0 Å². The normalized spacial score (nSPS) is 13.4. The van der Waals surface area contributed by atoms with Gasteiger partial charge in [-0.15, -0.1) is 0 Å². The highest BCUT2D eigenvalue weighted by Gasteiger charge is 2.33. The van der Waals surface area contributed by atoms with Crippen molar-refractivity contribution in [1.29, 1.82) is 0 Å². The summed E-state index contributed by atoms with van der Waals surface area (Å²) in [7, 11) is 8.50. The number of hydrogen-bond donors (Lipinski definition) is 1. The van der Waals surface area contributed by atoms with E-state index in [9.17, 15) is 14.7 Å². The van der Waals surface area contributed by atoms with Gasteiger partial charge in [-0.2, -0.15) is 0 Å². The Labute approximate surface area is 104 Å². The van der Waals surface area contributed by atoms with E-state index in [1.54, 1.807) is 6.92 Å². The molecule has 0 aliphatic carbocycles. The molecule has 0 radical (unpaired) electrons. The van der Waals surface area contributed by atoms with Gasteiger partial charge in [0.25, 0.3) is 0 Å². The predicted octanol–water partition coefficient (Wildman–Crippen LogP) is 0.196. The molecule has 0 spiro atoms. The highest BCUT2D eigenvalue weighted by molar-refractivity contribution is 5.75. The molecule has 5 nitrogen and oxygen atoms in total. The number of nitrogens with zero attached hydrogens (tertiary/aromatic N) is 1. The van der Waals surface area contributed by atoms with Crippen molar-refractivity contribution in [3.8, 4) is 0 Å². The number of quaternary nitrogens is 1. The summed E-state index contributed by atoms with van der Waals surface area (Å²) in [4.78, 5) is 20.8. The Kier molecular flexibility index (Phi) is 7.08. The van der Waals surface area contributed by atoms with Crippen LogP contribution in [0, 0.1) is 11.3 Å². The SMILES string of the molecule is CC(CC(=O)[O-])C(C)(C)C(=O)O.C[N+](C)(C)C. The number of carbonyl (C=O) groups is 2. The third kappa shape index (κ3) is 11.2. The van der Waals surface area contributed by atoms with E-state index in [4.69, 9.17) is 5.11 Å². The third-order valence-electron chi connectivity index (χ3n) is 2.26. The van der Waals surface area contributed by atoms with Gasteiger partial charge in [0.05, 0.1) is 33.6 Å². The quantitative estimate of drug-likeness (QED) is 0.720. The van der Waals surface area contributed by atoms with Gasteiger partial charge in [-0.05, 0) is 26.2 Å². The van der Waals surface area contributed by atoms with Crippen LogP contribution in [0.3, 0.4) is 0 Å². The summed E-state index contributed by atoms with van der Waals surface area (Å²) in [6.45, 7) is 4.59. The Morgan fingerprint density at radius 2 is 1.53 bits per heavy atom. The zero-order valence-electron chi connectivity index (χ0n) is 11.9. The highest BCUT2D eigenvalue weighted by atomic mass is 16.4. The van der Waals surface area contributed by atoms with Crippen LogP contribution in [0.1, 0.15) is 27.2 Å². The Balaban J connectivity index is 0. The molecule has 1 N–H and O–H groups in total. The maximum Gasteiger partial charge on any atom is 0.309 e. The monoisotopic (exact) mass is 247 g/mol. The number of aliphatic carboxylic acids is 2. The van der Waals surface area contributed by atoms with Gasteiger partial charge in [0.15, 0.2) is 0 Å². The van der Waals surface area contributed by atoms with Gasteiger partial charge in [-0.1, -0.05) is 6.92 Å². The summed E-state index contributed by atoms with van der Waals surface area (Å²) >= 11 is 0. The van der Waals surface area contributed by atoms with E-state index < -0.39 is 23.3 Å². The van der Waals surface area contributed by atoms with Crippen molar-refractivity contribution >= 4 is 11.9 Å². The minimum Gasteiger partial charge on any atom is -0.550 e. The highest BCUT2D eigenvalue weighted by Crippen LogP contribution is 2.28. The molecule has 0 aromatic heterocycles. The molecule has 0 amide bonds. The molecule has 0 aromatic rings. The van der Waals surface area contributed by atoms with E-state index >= 15 is 0 Å². The average molecular weight is 247 g/mol. The minimum absolute atomic E-state index is 0.223. The number of carbonyl (C=O) groups excluding carboxylic acids is 1. The molecular weight excluding hydrogens is 222 g/mol. The van der Waals surface area contributed by atoms with Gasteiger partial charge < -0.3 is 19.5 Å². The lowest BCUT2D eigenvalue weighted by Gasteiger charge is -2.27. The van der Waals surface area contributed by atoms with Crippen LogP contribution < -0.4 is 5.11 Å². The third-order valence-corrected chi connectivity index (χ3v) is 2.26. The Hall–Kier alpha value is -1.10. The number of carboxylic acids is 2. The second-order valence-corrected chi connectivity index (χ2v) is 6.19. The molecule has 0 rings (SSSR count). The van der Waals surface area contributed by atoms with Crippen molar-refractivity contribution in [2.45, 2.75) is 27.2 Å². The molecule has 1 atom stereocenters. The first kappa shape index (κ1) is 18.3. The van der Waals surface area contributed by atoms with E-state index in [1.165, 1.54) is 13.8 Å². The van der Waals surface area contributed by atoms with E-state index in [-0.39, 0.29) is 6.42 Å². The molecule has 1 unspecified atom stereocenters. The molecule has 0 saturated heterocycles. The summed E-state index contributed by atoms with van der Waals surface area (Å²) in [6, 6.07) is 0. The molecule has 0 heterocycles. The topological polar surface area (TPSA) is 77.4 Å². The van der Waals surface area contributed by atoms with E-state index in [0.29, 0.717) is 0 Å². The maximum atomic E-state index is 10.6. The molecule has 0 aliphatic rings. The van der Waals surface area contributed by atoms with E-state index in [2.05, 4.69) is 28.2 Å².